The van der Waals surface area contributed by atoms with Crippen molar-refractivity contribution < 1.29 is 4.79 Å². The SMILES string of the molecule is CCCCCCCCC(=O)C(CCC)CCC. The van der Waals surface area contributed by atoms with E-state index in [0.29, 0.717) is 11.7 Å². The van der Waals surface area contributed by atoms with Gasteiger partial charge in [0.15, 0.2) is 0 Å². The zero-order chi connectivity index (χ0) is 12.9. The smallest absolute Gasteiger partial charge is 0.135 e. The number of ketones is 1. The lowest BCUT2D eigenvalue weighted by Gasteiger charge is -2.13. The van der Waals surface area contributed by atoms with Crippen LogP contribution in [0.3, 0.4) is 0 Å². The standard InChI is InChI=1S/C16H32O/c1-4-7-8-9-10-11-14-16(17)15(12-5-2)13-6-3/h15H,4-14H2,1-3H3. The molecule has 102 valence electrons. The Morgan fingerprint density at radius 3 is 1.82 bits per heavy atom. The van der Waals surface area contributed by atoms with Gasteiger partial charge in [0, 0.05) is 12.3 Å². The van der Waals surface area contributed by atoms with E-state index < -0.39 is 0 Å². The molecule has 1 nitrogen and oxygen atoms in total. The molecule has 0 aliphatic carbocycles. The molecule has 0 radical (unpaired) electrons. The fraction of sp³-hybridized carbons (Fsp3) is 0.938. The first-order valence-electron chi connectivity index (χ1n) is 7.78. The van der Waals surface area contributed by atoms with Crippen LogP contribution in [-0.2, 0) is 4.79 Å². The minimum absolute atomic E-state index is 0.362. The summed E-state index contributed by atoms with van der Waals surface area (Å²) in [6, 6.07) is 0. The van der Waals surface area contributed by atoms with Crippen LogP contribution < -0.4 is 0 Å². The Morgan fingerprint density at radius 1 is 0.765 bits per heavy atom. The van der Waals surface area contributed by atoms with Gasteiger partial charge in [-0.1, -0.05) is 65.7 Å². The first kappa shape index (κ1) is 16.7. The third kappa shape index (κ3) is 9.38. The van der Waals surface area contributed by atoms with Crippen LogP contribution in [0, 0.1) is 5.92 Å². The maximum absolute atomic E-state index is 12.0. The molecule has 0 aliphatic heterocycles. The summed E-state index contributed by atoms with van der Waals surface area (Å²) in [5.41, 5.74) is 0. The summed E-state index contributed by atoms with van der Waals surface area (Å²) in [7, 11) is 0. The van der Waals surface area contributed by atoms with Crippen molar-refractivity contribution in [1.82, 2.24) is 0 Å². The molecule has 0 amide bonds. The lowest BCUT2D eigenvalue weighted by Crippen LogP contribution is -2.14. The van der Waals surface area contributed by atoms with Crippen molar-refractivity contribution in [3.8, 4) is 0 Å². The average molecular weight is 240 g/mol. The maximum atomic E-state index is 12.0. The third-order valence-electron chi connectivity index (χ3n) is 3.51. The summed E-state index contributed by atoms with van der Waals surface area (Å²) in [5.74, 6) is 0.893. The van der Waals surface area contributed by atoms with E-state index >= 15 is 0 Å². The molecule has 0 aliphatic rings. The highest BCUT2D eigenvalue weighted by Gasteiger charge is 2.15. The maximum Gasteiger partial charge on any atom is 0.135 e. The average Bonchev–Trinajstić information content (AvgIpc) is 2.33. The zero-order valence-electron chi connectivity index (χ0n) is 12.3. The van der Waals surface area contributed by atoms with E-state index in [-0.39, 0.29) is 0 Å². The van der Waals surface area contributed by atoms with Crippen molar-refractivity contribution in [2.24, 2.45) is 5.92 Å². The molecule has 0 atom stereocenters. The van der Waals surface area contributed by atoms with Crippen molar-refractivity contribution in [1.29, 1.82) is 0 Å². The molecule has 0 saturated heterocycles. The quantitative estimate of drug-likeness (QED) is 0.410. The highest BCUT2D eigenvalue weighted by molar-refractivity contribution is 5.80. The molecule has 0 spiro atoms. The Bertz CT molecular complexity index is 168. The Hall–Kier alpha value is -0.330. The number of hydrogen-bond donors (Lipinski definition) is 0. The second-order valence-electron chi connectivity index (χ2n) is 5.26. The van der Waals surface area contributed by atoms with E-state index in [4.69, 9.17) is 0 Å². The van der Waals surface area contributed by atoms with Gasteiger partial charge >= 0.3 is 0 Å². The van der Waals surface area contributed by atoms with Gasteiger partial charge in [0.1, 0.15) is 5.78 Å². The van der Waals surface area contributed by atoms with E-state index in [2.05, 4.69) is 20.8 Å². The van der Waals surface area contributed by atoms with Crippen LogP contribution in [0.5, 0.6) is 0 Å². The van der Waals surface area contributed by atoms with Gasteiger partial charge < -0.3 is 0 Å². The lowest BCUT2D eigenvalue weighted by atomic mass is 9.91. The second kappa shape index (κ2) is 12.1. The molecule has 0 saturated carbocycles. The monoisotopic (exact) mass is 240 g/mol. The van der Waals surface area contributed by atoms with Gasteiger partial charge in [-0.15, -0.1) is 0 Å². The van der Waals surface area contributed by atoms with Crippen LogP contribution >= 0.6 is 0 Å². The summed E-state index contributed by atoms with van der Waals surface area (Å²) >= 11 is 0. The van der Waals surface area contributed by atoms with Crippen molar-refractivity contribution >= 4 is 5.78 Å². The fourth-order valence-corrected chi connectivity index (χ4v) is 2.45. The molecular formula is C16H32O. The summed E-state index contributed by atoms with van der Waals surface area (Å²) < 4.78 is 0. The molecule has 17 heavy (non-hydrogen) atoms. The van der Waals surface area contributed by atoms with Crippen molar-refractivity contribution in [2.45, 2.75) is 91.4 Å². The number of unbranched alkanes of at least 4 members (excludes halogenated alkanes) is 5. The van der Waals surface area contributed by atoms with Crippen molar-refractivity contribution in [3.05, 3.63) is 0 Å². The van der Waals surface area contributed by atoms with Crippen LogP contribution in [0.25, 0.3) is 0 Å². The Morgan fingerprint density at radius 2 is 1.29 bits per heavy atom. The van der Waals surface area contributed by atoms with Crippen LogP contribution in [0.2, 0.25) is 0 Å². The van der Waals surface area contributed by atoms with Crippen molar-refractivity contribution in [2.75, 3.05) is 0 Å². The normalized spacial score (nSPS) is 11.1. The Balaban J connectivity index is 3.59. The largest absolute Gasteiger partial charge is 0.299 e. The molecule has 0 rings (SSSR count). The predicted octanol–water partition coefficient (Wildman–Crippen LogP) is 5.52. The topological polar surface area (TPSA) is 17.1 Å². The lowest BCUT2D eigenvalue weighted by molar-refractivity contribution is -0.123. The number of rotatable bonds is 12. The van der Waals surface area contributed by atoms with Gasteiger partial charge in [-0.2, -0.15) is 0 Å². The number of carbonyl (C=O) groups excluding carboxylic acids is 1. The molecule has 0 fully saturated rings. The van der Waals surface area contributed by atoms with Crippen LogP contribution in [0.1, 0.15) is 91.4 Å². The Labute approximate surface area is 108 Å². The van der Waals surface area contributed by atoms with Gasteiger partial charge in [-0.3, -0.25) is 4.79 Å². The van der Waals surface area contributed by atoms with Crippen LogP contribution in [0.4, 0.5) is 0 Å². The van der Waals surface area contributed by atoms with Crippen LogP contribution in [0.15, 0.2) is 0 Å². The number of carbonyl (C=O) groups is 1. The minimum Gasteiger partial charge on any atom is -0.299 e. The number of hydrogen-bond acceptors (Lipinski definition) is 1. The highest BCUT2D eigenvalue weighted by Crippen LogP contribution is 2.18. The minimum atomic E-state index is 0.362. The fourth-order valence-electron chi connectivity index (χ4n) is 2.45. The molecule has 0 heterocycles. The molecule has 1 heteroatoms. The number of Topliss-reactive ketones (excluding diaryl/α,β-unsaturated/α-hetero) is 1. The van der Waals surface area contributed by atoms with E-state index in [9.17, 15) is 4.79 Å². The van der Waals surface area contributed by atoms with Crippen LogP contribution in [-0.4, -0.2) is 5.78 Å². The highest BCUT2D eigenvalue weighted by atomic mass is 16.1. The third-order valence-corrected chi connectivity index (χ3v) is 3.51. The van der Waals surface area contributed by atoms with E-state index in [0.717, 1.165) is 38.5 Å². The van der Waals surface area contributed by atoms with Gasteiger partial charge in [0.2, 0.25) is 0 Å². The summed E-state index contributed by atoms with van der Waals surface area (Å²) in [6.45, 7) is 6.60. The van der Waals surface area contributed by atoms with E-state index in [1.807, 2.05) is 0 Å². The van der Waals surface area contributed by atoms with Crippen molar-refractivity contribution in [3.63, 3.8) is 0 Å². The predicted molar refractivity (Wildman–Crippen MR) is 76.3 cm³/mol. The van der Waals surface area contributed by atoms with Gasteiger partial charge in [-0.25, -0.2) is 0 Å². The summed E-state index contributed by atoms with van der Waals surface area (Å²) in [4.78, 5) is 12.0. The molecule has 0 unspecified atom stereocenters. The van der Waals surface area contributed by atoms with Gasteiger partial charge in [0.25, 0.3) is 0 Å². The van der Waals surface area contributed by atoms with Gasteiger partial charge in [0.05, 0.1) is 0 Å². The molecule has 0 aromatic rings. The molecule has 0 bridgehead atoms. The van der Waals surface area contributed by atoms with Gasteiger partial charge in [-0.05, 0) is 19.3 Å². The summed E-state index contributed by atoms with van der Waals surface area (Å²) in [5, 5.41) is 0. The first-order chi connectivity index (χ1) is 8.26. The Kier molecular flexibility index (Phi) is 11.9. The van der Waals surface area contributed by atoms with E-state index in [1.54, 1.807) is 0 Å². The zero-order valence-corrected chi connectivity index (χ0v) is 12.3. The molecule has 0 aromatic carbocycles. The molecule has 0 N–H and O–H groups in total. The first-order valence-corrected chi connectivity index (χ1v) is 7.78. The van der Waals surface area contributed by atoms with E-state index in [1.165, 1.54) is 32.1 Å². The second-order valence-corrected chi connectivity index (χ2v) is 5.26. The summed E-state index contributed by atoms with van der Waals surface area (Å²) in [6.07, 6.45) is 13.0. The molecular weight excluding hydrogens is 208 g/mol. The molecule has 0 aromatic heterocycles.